The average molecular weight is 475 g/mol. The van der Waals surface area contributed by atoms with Crippen LogP contribution in [0.4, 0.5) is 4.79 Å². The Kier molecular flexibility index (Phi) is 5.54. The zero-order valence-corrected chi connectivity index (χ0v) is 20.4. The van der Waals surface area contributed by atoms with E-state index in [-0.39, 0.29) is 24.3 Å². The number of methoxy groups -OCH3 is 1. The van der Waals surface area contributed by atoms with Gasteiger partial charge in [-0.15, -0.1) is 0 Å². The van der Waals surface area contributed by atoms with E-state index in [1.54, 1.807) is 18.9 Å². The number of nitrogens with one attached hydrogen (secondary N) is 2. The van der Waals surface area contributed by atoms with E-state index < -0.39 is 17.6 Å². The summed E-state index contributed by atoms with van der Waals surface area (Å²) >= 11 is 0. The normalized spacial score (nSPS) is 20.3. The summed E-state index contributed by atoms with van der Waals surface area (Å²) in [4.78, 5) is 47.2. The summed E-state index contributed by atoms with van der Waals surface area (Å²) in [6, 6.07) is 14.0. The van der Waals surface area contributed by atoms with Crippen molar-refractivity contribution in [2.45, 2.75) is 45.3 Å². The van der Waals surface area contributed by atoms with Gasteiger partial charge in [0.2, 0.25) is 5.91 Å². The molecule has 1 fully saturated rings. The molecule has 5 rings (SSSR count). The third-order valence-corrected chi connectivity index (χ3v) is 7.32. The zero-order chi connectivity index (χ0) is 24.9. The lowest BCUT2D eigenvalue weighted by Crippen LogP contribution is -2.53. The highest BCUT2D eigenvalue weighted by Crippen LogP contribution is 2.45. The van der Waals surface area contributed by atoms with Gasteiger partial charge >= 0.3 is 6.03 Å². The highest BCUT2D eigenvalue weighted by Gasteiger charge is 2.61. The molecule has 0 aliphatic carbocycles. The zero-order valence-electron chi connectivity index (χ0n) is 20.4. The van der Waals surface area contributed by atoms with Gasteiger partial charge in [0.25, 0.3) is 5.91 Å². The molecule has 35 heavy (non-hydrogen) atoms. The van der Waals surface area contributed by atoms with Crippen LogP contribution in [0.25, 0.3) is 10.9 Å². The first kappa shape index (κ1) is 23.0. The molecule has 1 saturated heterocycles. The number of hydrogen-bond donors (Lipinski definition) is 2. The van der Waals surface area contributed by atoms with Crippen molar-refractivity contribution in [1.82, 2.24) is 20.1 Å². The number of carbonyl (C=O) groups is 3. The number of urea groups is 1. The predicted octanol–water partition coefficient (Wildman–Crippen LogP) is 3.55. The minimum Gasteiger partial charge on any atom is -0.496 e. The number of imide groups is 1. The molecular formula is C27H30N4O4. The largest absolute Gasteiger partial charge is 0.496 e. The lowest BCUT2D eigenvalue weighted by molar-refractivity contribution is -0.140. The third-order valence-electron chi connectivity index (χ3n) is 7.32. The molecule has 0 radical (unpaired) electrons. The molecule has 0 bridgehead atoms. The maximum absolute atomic E-state index is 14.0. The van der Waals surface area contributed by atoms with E-state index in [1.807, 2.05) is 62.4 Å². The Labute approximate surface area is 204 Å². The summed E-state index contributed by atoms with van der Waals surface area (Å²) < 4.78 is 5.37. The Hall–Kier alpha value is -3.81. The summed E-state index contributed by atoms with van der Waals surface area (Å²) in [6.07, 6.45) is 0.647. The van der Waals surface area contributed by atoms with Gasteiger partial charge in [0, 0.05) is 29.6 Å². The van der Waals surface area contributed by atoms with E-state index in [1.165, 1.54) is 4.90 Å². The molecule has 0 spiro atoms. The van der Waals surface area contributed by atoms with Crippen LogP contribution < -0.4 is 10.1 Å². The molecule has 4 amide bonds. The number of rotatable bonds is 6. The fourth-order valence-electron chi connectivity index (χ4n) is 5.52. The predicted molar refractivity (Wildman–Crippen MR) is 132 cm³/mol. The van der Waals surface area contributed by atoms with Gasteiger partial charge < -0.3 is 19.9 Å². The van der Waals surface area contributed by atoms with E-state index in [4.69, 9.17) is 4.74 Å². The van der Waals surface area contributed by atoms with Crippen LogP contribution in [0, 0.1) is 5.92 Å². The summed E-state index contributed by atoms with van der Waals surface area (Å²) in [6.45, 7) is 6.13. The minimum atomic E-state index is -1.18. The number of nitrogens with zero attached hydrogens (tertiary/aromatic N) is 2. The van der Waals surface area contributed by atoms with Gasteiger partial charge in [0.05, 0.1) is 12.8 Å². The van der Waals surface area contributed by atoms with E-state index >= 15 is 0 Å². The number of carbonyl (C=O) groups excluding carboxylic acids is 3. The SMILES string of the molecule is COc1ccccc1CNC(=O)[C@H](C(C)C)N1C(=O)N2CCc3c([nH]c4ccccc34)[C@@]2(C)C1=O. The first-order valence-electron chi connectivity index (χ1n) is 11.9. The molecule has 3 heterocycles. The molecule has 0 unspecified atom stereocenters. The molecular weight excluding hydrogens is 444 g/mol. The molecule has 1 aromatic heterocycles. The Balaban J connectivity index is 1.47. The van der Waals surface area contributed by atoms with Crippen LogP contribution in [0.2, 0.25) is 0 Å². The number of ether oxygens (including phenoxy) is 1. The Morgan fingerprint density at radius 1 is 1.14 bits per heavy atom. The van der Waals surface area contributed by atoms with Crippen LogP contribution in [-0.2, 0) is 28.1 Å². The van der Waals surface area contributed by atoms with E-state index in [9.17, 15) is 14.4 Å². The second-order valence-electron chi connectivity index (χ2n) is 9.67. The molecule has 8 nitrogen and oxygen atoms in total. The quantitative estimate of drug-likeness (QED) is 0.534. The van der Waals surface area contributed by atoms with Crippen molar-refractivity contribution in [2.75, 3.05) is 13.7 Å². The van der Waals surface area contributed by atoms with Crippen molar-refractivity contribution in [2.24, 2.45) is 5.92 Å². The maximum Gasteiger partial charge on any atom is 0.328 e. The maximum atomic E-state index is 14.0. The highest BCUT2D eigenvalue weighted by atomic mass is 16.5. The third kappa shape index (κ3) is 3.38. The van der Waals surface area contributed by atoms with E-state index in [0.717, 1.165) is 27.7 Å². The van der Waals surface area contributed by atoms with Gasteiger partial charge in [0.1, 0.15) is 11.8 Å². The lowest BCUT2D eigenvalue weighted by atomic mass is 9.86. The number of aromatic amines is 1. The number of fused-ring (bicyclic) bond motifs is 5. The number of amides is 4. The number of hydrogen-bond acceptors (Lipinski definition) is 4. The molecule has 182 valence electrons. The minimum absolute atomic E-state index is 0.232. The topological polar surface area (TPSA) is 94.7 Å². The molecule has 2 aliphatic rings. The Morgan fingerprint density at radius 3 is 2.60 bits per heavy atom. The molecule has 2 aliphatic heterocycles. The summed E-state index contributed by atoms with van der Waals surface area (Å²) in [7, 11) is 1.58. The van der Waals surface area contributed by atoms with Crippen LogP contribution in [0.15, 0.2) is 48.5 Å². The second-order valence-corrected chi connectivity index (χ2v) is 9.67. The van der Waals surface area contributed by atoms with Gasteiger partial charge in [-0.3, -0.25) is 9.59 Å². The molecule has 0 saturated carbocycles. The molecule has 2 N–H and O–H groups in total. The Morgan fingerprint density at radius 2 is 1.86 bits per heavy atom. The van der Waals surface area contributed by atoms with Gasteiger partial charge in [-0.25, -0.2) is 9.69 Å². The van der Waals surface area contributed by atoms with Crippen LogP contribution in [-0.4, -0.2) is 52.3 Å². The number of para-hydroxylation sites is 2. The van der Waals surface area contributed by atoms with Crippen LogP contribution in [0.1, 0.15) is 37.6 Å². The summed E-state index contributed by atoms with van der Waals surface area (Å²) in [5.41, 5.74) is 2.37. The second kappa shape index (κ2) is 8.45. The van der Waals surface area contributed by atoms with Gasteiger partial charge in [0.15, 0.2) is 5.54 Å². The van der Waals surface area contributed by atoms with Crippen LogP contribution in [0.3, 0.4) is 0 Å². The number of aromatic nitrogens is 1. The summed E-state index contributed by atoms with van der Waals surface area (Å²) in [5, 5.41) is 3.98. The van der Waals surface area contributed by atoms with Crippen molar-refractivity contribution in [1.29, 1.82) is 0 Å². The molecule has 8 heteroatoms. The van der Waals surface area contributed by atoms with Gasteiger partial charge in [-0.2, -0.15) is 0 Å². The first-order chi connectivity index (χ1) is 16.8. The summed E-state index contributed by atoms with van der Waals surface area (Å²) in [5.74, 6) is -0.347. The Bertz CT molecular complexity index is 1330. The molecule has 3 aromatic rings. The van der Waals surface area contributed by atoms with Gasteiger partial charge in [-0.05, 0) is 37.0 Å². The highest BCUT2D eigenvalue weighted by molar-refractivity contribution is 6.11. The monoisotopic (exact) mass is 474 g/mol. The fraction of sp³-hybridized carbons (Fsp3) is 0.370. The van der Waals surface area contributed by atoms with E-state index in [2.05, 4.69) is 10.3 Å². The van der Waals surface area contributed by atoms with Crippen LogP contribution in [0.5, 0.6) is 5.75 Å². The van der Waals surface area contributed by atoms with Crippen molar-refractivity contribution in [3.8, 4) is 5.75 Å². The number of benzene rings is 2. The lowest BCUT2D eigenvalue weighted by Gasteiger charge is -2.36. The van der Waals surface area contributed by atoms with Gasteiger partial charge in [-0.1, -0.05) is 50.2 Å². The van der Waals surface area contributed by atoms with Crippen molar-refractivity contribution in [3.63, 3.8) is 0 Å². The first-order valence-corrected chi connectivity index (χ1v) is 11.9. The van der Waals surface area contributed by atoms with E-state index in [0.29, 0.717) is 18.7 Å². The number of H-pyrrole nitrogens is 1. The average Bonchev–Trinajstić information content (AvgIpc) is 3.33. The fourth-order valence-corrected chi connectivity index (χ4v) is 5.52. The van der Waals surface area contributed by atoms with Crippen molar-refractivity contribution < 1.29 is 19.1 Å². The molecule has 2 atom stereocenters. The van der Waals surface area contributed by atoms with Crippen LogP contribution >= 0.6 is 0 Å². The van der Waals surface area contributed by atoms with Crippen molar-refractivity contribution in [3.05, 3.63) is 65.4 Å². The standard InChI is InChI=1S/C27H30N4O4/c1-16(2)22(24(32)28-15-17-9-5-8-12-21(17)35-4)31-25(33)27(3)23-19(13-14-30(27)26(31)34)18-10-6-7-11-20(18)29-23/h5-12,16,22,29H,13-15H2,1-4H3,(H,28,32)/t22-,27-/m0/s1. The smallest absolute Gasteiger partial charge is 0.328 e. The van der Waals surface area contributed by atoms with Crippen molar-refractivity contribution >= 4 is 28.7 Å². The molecule has 2 aromatic carbocycles.